The highest BCUT2D eigenvalue weighted by atomic mass is 16.4. The number of hydrogen-bond donors (Lipinski definition) is 3. The largest absolute Gasteiger partial charge is 0.481 e. The predicted octanol–water partition coefficient (Wildman–Crippen LogP) is 2.63. The van der Waals surface area contributed by atoms with E-state index in [1.165, 1.54) is 0 Å². The summed E-state index contributed by atoms with van der Waals surface area (Å²) < 4.78 is 0. The van der Waals surface area contributed by atoms with Crippen molar-refractivity contribution in [3.05, 3.63) is 29.8 Å². The molecule has 0 atom stereocenters. The Hall–Kier alpha value is -2.04. The zero-order valence-electron chi connectivity index (χ0n) is 11.1. The van der Waals surface area contributed by atoms with Gasteiger partial charge in [-0.3, -0.25) is 4.79 Å². The zero-order chi connectivity index (χ0) is 14.1. The summed E-state index contributed by atoms with van der Waals surface area (Å²) in [5.41, 5.74) is 1.90. The lowest BCUT2D eigenvalue weighted by Gasteiger charge is -2.10. The number of aliphatic carboxylic acids is 1. The van der Waals surface area contributed by atoms with Gasteiger partial charge in [-0.25, -0.2) is 4.79 Å². The van der Waals surface area contributed by atoms with Crippen LogP contribution in [0.4, 0.5) is 10.5 Å². The van der Waals surface area contributed by atoms with Gasteiger partial charge in [0.2, 0.25) is 0 Å². The van der Waals surface area contributed by atoms with Gasteiger partial charge in [0.25, 0.3) is 0 Å². The highest BCUT2D eigenvalue weighted by Crippen LogP contribution is 2.14. The van der Waals surface area contributed by atoms with E-state index in [0.29, 0.717) is 19.4 Å². The fourth-order valence-corrected chi connectivity index (χ4v) is 1.72. The van der Waals surface area contributed by atoms with E-state index in [1.54, 1.807) is 0 Å². The number of unbranched alkanes of at least 4 members (excludes halogenated alkanes) is 1. The predicted molar refractivity (Wildman–Crippen MR) is 74.3 cm³/mol. The Labute approximate surface area is 113 Å². The first-order chi connectivity index (χ1) is 9.13. The van der Waals surface area contributed by atoms with Crippen molar-refractivity contribution in [3.8, 4) is 0 Å². The van der Waals surface area contributed by atoms with Crippen molar-refractivity contribution in [1.82, 2.24) is 5.32 Å². The maximum absolute atomic E-state index is 11.6. The molecule has 1 rings (SSSR count). The molecule has 0 aromatic heterocycles. The number of benzene rings is 1. The van der Waals surface area contributed by atoms with E-state index in [4.69, 9.17) is 5.11 Å². The Kier molecular flexibility index (Phi) is 6.43. The van der Waals surface area contributed by atoms with Gasteiger partial charge in [0.15, 0.2) is 0 Å². The highest BCUT2D eigenvalue weighted by Gasteiger charge is 2.04. The maximum atomic E-state index is 11.6. The van der Waals surface area contributed by atoms with Crippen LogP contribution in [-0.4, -0.2) is 23.7 Å². The maximum Gasteiger partial charge on any atom is 0.319 e. The van der Waals surface area contributed by atoms with E-state index in [9.17, 15) is 9.59 Å². The van der Waals surface area contributed by atoms with Crippen molar-refractivity contribution in [2.45, 2.75) is 32.6 Å². The standard InChI is InChI=1S/C14H20N2O3/c1-2-11-7-3-4-8-12(11)16-14(19)15-10-6-5-9-13(17)18/h3-4,7-8H,2,5-6,9-10H2,1H3,(H,17,18)(H2,15,16,19). The summed E-state index contributed by atoms with van der Waals surface area (Å²) in [5, 5.41) is 14.0. The first-order valence-electron chi connectivity index (χ1n) is 6.48. The fourth-order valence-electron chi connectivity index (χ4n) is 1.72. The van der Waals surface area contributed by atoms with E-state index in [0.717, 1.165) is 17.7 Å². The van der Waals surface area contributed by atoms with Crippen LogP contribution in [0.15, 0.2) is 24.3 Å². The third-order valence-corrected chi connectivity index (χ3v) is 2.75. The molecule has 0 bridgehead atoms. The number of urea groups is 1. The minimum absolute atomic E-state index is 0.141. The molecule has 0 aliphatic rings. The number of rotatable bonds is 7. The number of anilines is 1. The first kappa shape index (κ1) is 15.0. The summed E-state index contributed by atoms with van der Waals surface area (Å²) in [6.45, 7) is 2.51. The Morgan fingerprint density at radius 3 is 2.63 bits per heavy atom. The molecular formula is C14H20N2O3. The molecule has 5 nitrogen and oxygen atoms in total. The quantitative estimate of drug-likeness (QED) is 0.662. The molecule has 19 heavy (non-hydrogen) atoms. The molecule has 104 valence electrons. The van der Waals surface area contributed by atoms with Crippen LogP contribution in [0.1, 0.15) is 31.7 Å². The van der Waals surface area contributed by atoms with Crippen molar-refractivity contribution >= 4 is 17.7 Å². The number of carboxylic acids is 1. The van der Waals surface area contributed by atoms with Gasteiger partial charge < -0.3 is 15.7 Å². The molecule has 1 aromatic rings. The second-order valence-electron chi connectivity index (χ2n) is 4.24. The summed E-state index contributed by atoms with van der Waals surface area (Å²) in [5.74, 6) is -0.804. The number of aryl methyl sites for hydroxylation is 1. The number of carboxylic acid groups (broad SMARTS) is 1. The van der Waals surface area contributed by atoms with Crippen LogP contribution in [0.3, 0.4) is 0 Å². The van der Waals surface area contributed by atoms with E-state index < -0.39 is 5.97 Å². The third kappa shape index (κ3) is 5.90. The number of para-hydroxylation sites is 1. The Bertz CT molecular complexity index is 432. The van der Waals surface area contributed by atoms with Gasteiger partial charge in [-0.05, 0) is 30.9 Å². The van der Waals surface area contributed by atoms with Crippen LogP contribution in [-0.2, 0) is 11.2 Å². The number of amides is 2. The van der Waals surface area contributed by atoms with Crippen molar-refractivity contribution < 1.29 is 14.7 Å². The van der Waals surface area contributed by atoms with Crippen molar-refractivity contribution in [2.24, 2.45) is 0 Å². The minimum Gasteiger partial charge on any atom is -0.481 e. The smallest absolute Gasteiger partial charge is 0.319 e. The first-order valence-corrected chi connectivity index (χ1v) is 6.48. The van der Waals surface area contributed by atoms with Crippen LogP contribution in [0.25, 0.3) is 0 Å². The molecule has 3 N–H and O–H groups in total. The normalized spacial score (nSPS) is 9.95. The monoisotopic (exact) mass is 264 g/mol. The average molecular weight is 264 g/mol. The SMILES string of the molecule is CCc1ccccc1NC(=O)NCCCCC(=O)O. The highest BCUT2D eigenvalue weighted by molar-refractivity contribution is 5.90. The molecule has 0 saturated carbocycles. The Morgan fingerprint density at radius 2 is 1.95 bits per heavy atom. The number of hydrogen-bond acceptors (Lipinski definition) is 2. The van der Waals surface area contributed by atoms with E-state index in [2.05, 4.69) is 10.6 Å². The molecule has 5 heteroatoms. The van der Waals surface area contributed by atoms with Crippen molar-refractivity contribution in [1.29, 1.82) is 0 Å². The van der Waals surface area contributed by atoms with Crippen LogP contribution in [0, 0.1) is 0 Å². The molecule has 0 spiro atoms. The number of carbonyl (C=O) groups excluding carboxylic acids is 1. The van der Waals surface area contributed by atoms with E-state index in [1.807, 2.05) is 31.2 Å². The molecule has 0 radical (unpaired) electrons. The molecule has 0 unspecified atom stereocenters. The molecule has 0 fully saturated rings. The third-order valence-electron chi connectivity index (χ3n) is 2.75. The molecular weight excluding hydrogens is 244 g/mol. The molecule has 1 aromatic carbocycles. The van der Waals surface area contributed by atoms with Crippen LogP contribution in [0.5, 0.6) is 0 Å². The average Bonchev–Trinajstić information content (AvgIpc) is 2.38. The van der Waals surface area contributed by atoms with E-state index in [-0.39, 0.29) is 12.5 Å². The second-order valence-corrected chi connectivity index (χ2v) is 4.24. The number of nitrogens with one attached hydrogen (secondary N) is 2. The second kappa shape index (κ2) is 8.13. The van der Waals surface area contributed by atoms with Gasteiger partial charge in [-0.2, -0.15) is 0 Å². The van der Waals surface area contributed by atoms with Crippen molar-refractivity contribution in [2.75, 3.05) is 11.9 Å². The molecule has 0 aliphatic heterocycles. The van der Waals surface area contributed by atoms with Crippen LogP contribution in [0.2, 0.25) is 0 Å². The minimum atomic E-state index is -0.804. The summed E-state index contributed by atoms with van der Waals surface area (Å²) >= 11 is 0. The van der Waals surface area contributed by atoms with Gasteiger partial charge in [0.1, 0.15) is 0 Å². The molecule has 0 heterocycles. The van der Waals surface area contributed by atoms with Gasteiger partial charge in [-0.15, -0.1) is 0 Å². The summed E-state index contributed by atoms with van der Waals surface area (Å²) in [6.07, 6.45) is 2.23. The lowest BCUT2D eigenvalue weighted by atomic mass is 10.1. The Morgan fingerprint density at radius 1 is 1.21 bits per heavy atom. The number of carbonyl (C=O) groups is 2. The van der Waals surface area contributed by atoms with E-state index >= 15 is 0 Å². The molecule has 0 saturated heterocycles. The van der Waals surface area contributed by atoms with Gasteiger partial charge in [-0.1, -0.05) is 25.1 Å². The van der Waals surface area contributed by atoms with Gasteiger partial charge >= 0.3 is 12.0 Å². The van der Waals surface area contributed by atoms with Crippen LogP contribution < -0.4 is 10.6 Å². The molecule has 2 amide bonds. The zero-order valence-corrected chi connectivity index (χ0v) is 11.1. The van der Waals surface area contributed by atoms with Crippen molar-refractivity contribution in [3.63, 3.8) is 0 Å². The topological polar surface area (TPSA) is 78.4 Å². The molecule has 0 aliphatic carbocycles. The lowest BCUT2D eigenvalue weighted by Crippen LogP contribution is -2.29. The van der Waals surface area contributed by atoms with Gasteiger partial charge in [0, 0.05) is 18.7 Å². The lowest BCUT2D eigenvalue weighted by molar-refractivity contribution is -0.137. The Balaban J connectivity index is 2.29. The van der Waals surface area contributed by atoms with Gasteiger partial charge in [0.05, 0.1) is 0 Å². The fraction of sp³-hybridized carbons (Fsp3) is 0.429. The summed E-state index contributed by atoms with van der Waals surface area (Å²) in [6, 6.07) is 7.40. The summed E-state index contributed by atoms with van der Waals surface area (Å²) in [7, 11) is 0. The summed E-state index contributed by atoms with van der Waals surface area (Å²) in [4.78, 5) is 21.9. The van der Waals surface area contributed by atoms with Crippen LogP contribution >= 0.6 is 0 Å².